The molecule has 0 aliphatic rings. The van der Waals surface area contributed by atoms with E-state index in [1.807, 2.05) is 62.4 Å². The first-order chi connectivity index (χ1) is 10.4. The molecule has 0 aromatic heterocycles. The van der Waals surface area contributed by atoms with E-state index in [-0.39, 0.29) is 6.42 Å². The summed E-state index contributed by atoms with van der Waals surface area (Å²) in [5.74, 6) is -0.868. The third-order valence-corrected chi connectivity index (χ3v) is 3.11. The molecular weight excluding hydrogens is 278 g/mol. The third-order valence-electron chi connectivity index (χ3n) is 3.11. The van der Waals surface area contributed by atoms with Crippen LogP contribution < -0.4 is 5.73 Å². The molecule has 0 fully saturated rings. The van der Waals surface area contributed by atoms with E-state index in [0.29, 0.717) is 0 Å². The summed E-state index contributed by atoms with van der Waals surface area (Å²) in [6, 6.07) is 14.6. The van der Waals surface area contributed by atoms with Crippen molar-refractivity contribution in [1.29, 1.82) is 0 Å². The fraction of sp³-hybridized carbons (Fsp3) is 0.222. The number of rotatable bonds is 4. The van der Waals surface area contributed by atoms with Crippen LogP contribution in [0.15, 0.2) is 48.5 Å². The number of aryl methyl sites for hydroxylation is 2. The van der Waals surface area contributed by atoms with Crippen molar-refractivity contribution in [1.82, 2.24) is 0 Å². The molecule has 2 aromatic carbocycles. The van der Waals surface area contributed by atoms with E-state index in [2.05, 4.69) is 0 Å². The van der Waals surface area contributed by atoms with E-state index in [1.165, 1.54) is 5.56 Å². The van der Waals surface area contributed by atoms with Crippen molar-refractivity contribution >= 4 is 12.3 Å². The van der Waals surface area contributed by atoms with Gasteiger partial charge in [-0.15, -0.1) is 0 Å². The normalized spacial score (nSPS) is 11.0. The molecule has 0 bridgehead atoms. The molecule has 2 aromatic rings. The maximum Gasteiger partial charge on any atom is 0.305 e. The van der Waals surface area contributed by atoms with Crippen LogP contribution in [-0.4, -0.2) is 17.4 Å². The van der Waals surface area contributed by atoms with Gasteiger partial charge in [-0.25, -0.2) is 0 Å². The average molecular weight is 299 g/mol. The molecule has 0 spiro atoms. The molecule has 22 heavy (non-hydrogen) atoms. The predicted molar refractivity (Wildman–Crippen MR) is 86.9 cm³/mol. The molecule has 0 saturated carbocycles. The Bertz CT molecular complexity index is 603. The van der Waals surface area contributed by atoms with Crippen molar-refractivity contribution in [2.45, 2.75) is 26.3 Å². The second-order valence-corrected chi connectivity index (χ2v) is 5.14. The lowest BCUT2D eigenvalue weighted by Gasteiger charge is -2.08. The largest absolute Gasteiger partial charge is 0.481 e. The summed E-state index contributed by atoms with van der Waals surface area (Å²) in [7, 11) is 0. The smallest absolute Gasteiger partial charge is 0.305 e. The number of benzene rings is 2. The van der Waals surface area contributed by atoms with Gasteiger partial charge in [-0.05, 0) is 19.4 Å². The highest BCUT2D eigenvalue weighted by Crippen LogP contribution is 2.14. The van der Waals surface area contributed by atoms with Gasteiger partial charge in [0, 0.05) is 11.6 Å². The van der Waals surface area contributed by atoms with Gasteiger partial charge in [0.25, 0.3) is 0 Å². The molecule has 0 aliphatic carbocycles. The topological polar surface area (TPSA) is 80.4 Å². The first-order valence-electron chi connectivity index (χ1n) is 6.98. The molecule has 1 atom stereocenters. The van der Waals surface area contributed by atoms with E-state index >= 15 is 0 Å². The second-order valence-electron chi connectivity index (χ2n) is 5.14. The number of aldehydes is 1. The van der Waals surface area contributed by atoms with Gasteiger partial charge in [-0.2, -0.15) is 0 Å². The molecule has 0 heterocycles. The van der Waals surface area contributed by atoms with Crippen LogP contribution in [0.4, 0.5) is 0 Å². The van der Waals surface area contributed by atoms with E-state index < -0.39 is 12.0 Å². The number of aliphatic carboxylic acids is 1. The Morgan fingerprint density at radius 1 is 1.05 bits per heavy atom. The van der Waals surface area contributed by atoms with E-state index in [1.54, 1.807) is 0 Å². The van der Waals surface area contributed by atoms with Crippen LogP contribution in [0.25, 0.3) is 0 Å². The Morgan fingerprint density at radius 3 is 1.91 bits per heavy atom. The number of hydrogen-bond acceptors (Lipinski definition) is 3. The van der Waals surface area contributed by atoms with Crippen LogP contribution in [0.1, 0.15) is 39.5 Å². The lowest BCUT2D eigenvalue weighted by atomic mass is 10.0. The van der Waals surface area contributed by atoms with Gasteiger partial charge >= 0.3 is 5.97 Å². The summed E-state index contributed by atoms with van der Waals surface area (Å²) in [6.07, 6.45) is 0.822. The minimum Gasteiger partial charge on any atom is -0.481 e. The molecule has 0 amide bonds. The second kappa shape index (κ2) is 8.74. The Kier molecular flexibility index (Phi) is 6.99. The molecule has 0 saturated heterocycles. The molecule has 4 nitrogen and oxygen atoms in total. The first-order valence-corrected chi connectivity index (χ1v) is 6.98. The van der Waals surface area contributed by atoms with Crippen molar-refractivity contribution in [3.05, 3.63) is 70.8 Å². The van der Waals surface area contributed by atoms with Crippen LogP contribution in [0.2, 0.25) is 0 Å². The zero-order valence-electron chi connectivity index (χ0n) is 12.8. The minimum absolute atomic E-state index is 0.0247. The fourth-order valence-corrected chi connectivity index (χ4v) is 1.76. The van der Waals surface area contributed by atoms with Crippen molar-refractivity contribution < 1.29 is 14.7 Å². The quantitative estimate of drug-likeness (QED) is 0.849. The Balaban J connectivity index is 0.000000235. The number of carboxylic acids is 1. The van der Waals surface area contributed by atoms with Gasteiger partial charge < -0.3 is 10.8 Å². The Labute approximate surface area is 130 Å². The molecule has 4 heteroatoms. The van der Waals surface area contributed by atoms with E-state index in [9.17, 15) is 9.59 Å². The summed E-state index contributed by atoms with van der Waals surface area (Å²) < 4.78 is 0. The fourth-order valence-electron chi connectivity index (χ4n) is 1.76. The van der Waals surface area contributed by atoms with Crippen LogP contribution in [0, 0.1) is 13.8 Å². The lowest BCUT2D eigenvalue weighted by Crippen LogP contribution is -2.14. The molecule has 0 radical (unpaired) electrons. The first kappa shape index (κ1) is 17.6. The summed E-state index contributed by atoms with van der Waals surface area (Å²) in [5.41, 5.74) is 9.60. The van der Waals surface area contributed by atoms with Gasteiger partial charge in [0.2, 0.25) is 0 Å². The number of nitrogens with two attached hydrogens (primary N) is 1. The van der Waals surface area contributed by atoms with Crippen LogP contribution in [0.3, 0.4) is 0 Å². The van der Waals surface area contributed by atoms with E-state index in [0.717, 1.165) is 23.0 Å². The van der Waals surface area contributed by atoms with Gasteiger partial charge in [0.05, 0.1) is 6.42 Å². The monoisotopic (exact) mass is 299 g/mol. The van der Waals surface area contributed by atoms with Crippen LogP contribution >= 0.6 is 0 Å². The van der Waals surface area contributed by atoms with Crippen molar-refractivity contribution in [3.63, 3.8) is 0 Å². The Morgan fingerprint density at radius 2 is 1.50 bits per heavy atom. The molecule has 2 rings (SSSR count). The molecule has 0 aliphatic heterocycles. The number of carbonyl (C=O) groups is 2. The molecule has 116 valence electrons. The highest BCUT2D eigenvalue weighted by atomic mass is 16.4. The minimum atomic E-state index is -0.868. The van der Waals surface area contributed by atoms with E-state index in [4.69, 9.17) is 10.8 Å². The zero-order chi connectivity index (χ0) is 16.5. The van der Waals surface area contributed by atoms with Gasteiger partial charge in [0.1, 0.15) is 6.29 Å². The highest BCUT2D eigenvalue weighted by Gasteiger charge is 2.09. The third kappa shape index (κ3) is 6.33. The zero-order valence-corrected chi connectivity index (χ0v) is 12.8. The number of hydrogen-bond donors (Lipinski definition) is 2. The molecular formula is C18H21NO3. The summed E-state index contributed by atoms with van der Waals surface area (Å²) in [5, 5.41) is 8.52. The Hall–Kier alpha value is -2.46. The summed E-state index contributed by atoms with van der Waals surface area (Å²) in [6.45, 7) is 3.97. The van der Waals surface area contributed by atoms with Gasteiger partial charge in [-0.1, -0.05) is 59.7 Å². The van der Waals surface area contributed by atoms with Gasteiger partial charge in [0.15, 0.2) is 0 Å². The molecule has 1 unspecified atom stereocenters. The van der Waals surface area contributed by atoms with Crippen LogP contribution in [-0.2, 0) is 4.79 Å². The van der Waals surface area contributed by atoms with Crippen LogP contribution in [0.5, 0.6) is 0 Å². The maximum absolute atomic E-state index is 10.4. The lowest BCUT2D eigenvalue weighted by molar-refractivity contribution is -0.137. The SMILES string of the molecule is Cc1ccc(C(N)CC(=O)O)cc1.Cc1ccc(C=O)cc1. The van der Waals surface area contributed by atoms with Gasteiger partial charge in [-0.3, -0.25) is 9.59 Å². The number of carbonyl (C=O) groups excluding carboxylic acids is 1. The highest BCUT2D eigenvalue weighted by molar-refractivity contribution is 5.74. The number of carboxylic acid groups (broad SMARTS) is 1. The van der Waals surface area contributed by atoms with Crippen molar-refractivity contribution in [3.8, 4) is 0 Å². The molecule has 3 N–H and O–H groups in total. The standard InChI is InChI=1S/C10H13NO2.C8H8O/c1-7-2-4-8(5-3-7)9(11)6-10(12)13;1-7-2-4-8(6-9)5-3-7/h2-5,9H,6,11H2,1H3,(H,12,13);2-6H,1H3. The summed E-state index contributed by atoms with van der Waals surface area (Å²) in [4.78, 5) is 20.5. The van der Waals surface area contributed by atoms with Crippen molar-refractivity contribution in [2.75, 3.05) is 0 Å². The maximum atomic E-state index is 10.4. The average Bonchev–Trinajstić information content (AvgIpc) is 2.48. The predicted octanol–water partition coefficient (Wildman–Crippen LogP) is 3.28. The summed E-state index contributed by atoms with van der Waals surface area (Å²) >= 11 is 0. The van der Waals surface area contributed by atoms with Crippen molar-refractivity contribution in [2.24, 2.45) is 5.73 Å².